The van der Waals surface area contributed by atoms with Gasteiger partial charge in [0.05, 0.1) is 11.2 Å². The molecule has 2 nitrogen and oxygen atoms in total. The summed E-state index contributed by atoms with van der Waals surface area (Å²) < 4.78 is 27.2. The zero-order chi connectivity index (χ0) is 13.3. The predicted molar refractivity (Wildman–Crippen MR) is 67.4 cm³/mol. The topological polar surface area (TPSA) is 33.1 Å². The number of aromatic nitrogens is 1. The second-order valence-electron chi connectivity index (χ2n) is 3.60. The number of aliphatic hydroxyl groups is 1. The Labute approximate surface area is 115 Å². The highest BCUT2D eigenvalue weighted by Crippen LogP contribution is 2.32. The SMILES string of the molecule is OC(c1cncc(F)c1)c1ccc(Br)c(Cl)c1F. The monoisotopic (exact) mass is 333 g/mol. The molecule has 1 unspecified atom stereocenters. The molecule has 0 amide bonds. The number of nitrogens with zero attached hydrogens (tertiary/aromatic N) is 1. The Morgan fingerprint density at radius 3 is 2.67 bits per heavy atom. The summed E-state index contributed by atoms with van der Waals surface area (Å²) >= 11 is 8.79. The van der Waals surface area contributed by atoms with Crippen molar-refractivity contribution in [3.63, 3.8) is 0 Å². The minimum atomic E-state index is -1.32. The lowest BCUT2D eigenvalue weighted by Gasteiger charge is -2.13. The van der Waals surface area contributed by atoms with Crippen LogP contribution < -0.4 is 0 Å². The number of aliphatic hydroxyl groups excluding tert-OH is 1. The molecule has 1 aromatic heterocycles. The van der Waals surface area contributed by atoms with Gasteiger partial charge in [-0.05, 0) is 28.1 Å². The molecule has 0 aliphatic heterocycles. The molecule has 0 radical (unpaired) electrons. The van der Waals surface area contributed by atoms with Crippen molar-refractivity contribution < 1.29 is 13.9 Å². The molecule has 2 rings (SSSR count). The third kappa shape index (κ3) is 2.53. The minimum absolute atomic E-state index is 0.0319. The zero-order valence-corrected chi connectivity index (χ0v) is 11.2. The highest BCUT2D eigenvalue weighted by molar-refractivity contribution is 9.10. The second-order valence-corrected chi connectivity index (χ2v) is 4.84. The maximum Gasteiger partial charge on any atom is 0.149 e. The third-order valence-electron chi connectivity index (χ3n) is 2.40. The first-order valence-corrected chi connectivity index (χ1v) is 6.09. The van der Waals surface area contributed by atoms with Gasteiger partial charge in [0.2, 0.25) is 0 Å². The molecule has 1 heterocycles. The summed E-state index contributed by atoms with van der Waals surface area (Å²) in [5, 5.41) is 9.86. The number of rotatable bonds is 2. The maximum atomic E-state index is 13.9. The zero-order valence-electron chi connectivity index (χ0n) is 8.87. The van der Waals surface area contributed by atoms with E-state index in [2.05, 4.69) is 20.9 Å². The Morgan fingerprint density at radius 1 is 1.28 bits per heavy atom. The van der Waals surface area contributed by atoms with Crippen LogP contribution in [0, 0.1) is 11.6 Å². The fourth-order valence-electron chi connectivity index (χ4n) is 1.51. The van der Waals surface area contributed by atoms with Crippen molar-refractivity contribution in [2.24, 2.45) is 0 Å². The quantitative estimate of drug-likeness (QED) is 0.846. The number of pyridine rings is 1. The summed E-state index contributed by atoms with van der Waals surface area (Å²) in [5.74, 6) is -1.35. The van der Waals surface area contributed by atoms with Crippen molar-refractivity contribution in [2.75, 3.05) is 0 Å². The summed E-state index contributed by atoms with van der Waals surface area (Å²) in [6.07, 6.45) is 0.948. The van der Waals surface area contributed by atoms with E-state index in [4.69, 9.17) is 11.6 Å². The van der Waals surface area contributed by atoms with E-state index < -0.39 is 17.7 Å². The summed E-state index contributed by atoms with van der Waals surface area (Å²) in [7, 11) is 0. The van der Waals surface area contributed by atoms with Gasteiger partial charge in [-0.2, -0.15) is 0 Å². The van der Waals surface area contributed by atoms with E-state index in [0.29, 0.717) is 4.47 Å². The van der Waals surface area contributed by atoms with Crippen molar-refractivity contribution in [3.8, 4) is 0 Å². The lowest BCUT2D eigenvalue weighted by molar-refractivity contribution is 0.214. The van der Waals surface area contributed by atoms with Crippen molar-refractivity contribution in [1.29, 1.82) is 0 Å². The van der Waals surface area contributed by atoms with E-state index in [-0.39, 0.29) is 16.1 Å². The fraction of sp³-hybridized carbons (Fsp3) is 0.0833. The first-order valence-electron chi connectivity index (χ1n) is 4.92. The molecule has 0 aliphatic rings. The molecule has 94 valence electrons. The standard InChI is InChI=1S/C12H7BrClF2NO/c13-9-2-1-8(11(16)10(9)14)12(18)6-3-7(15)5-17-4-6/h1-5,12,18H. The molecule has 0 spiro atoms. The van der Waals surface area contributed by atoms with Crippen molar-refractivity contribution in [1.82, 2.24) is 4.98 Å². The van der Waals surface area contributed by atoms with Gasteiger partial charge in [0.15, 0.2) is 0 Å². The van der Waals surface area contributed by atoms with E-state index in [1.165, 1.54) is 18.3 Å². The number of hydrogen-bond donors (Lipinski definition) is 1. The van der Waals surface area contributed by atoms with Crippen LogP contribution in [-0.2, 0) is 0 Å². The molecule has 6 heteroatoms. The smallest absolute Gasteiger partial charge is 0.149 e. The van der Waals surface area contributed by atoms with Crippen molar-refractivity contribution in [2.45, 2.75) is 6.10 Å². The maximum absolute atomic E-state index is 13.9. The third-order valence-corrected chi connectivity index (χ3v) is 3.66. The highest BCUT2D eigenvalue weighted by atomic mass is 79.9. The van der Waals surface area contributed by atoms with Gasteiger partial charge in [-0.3, -0.25) is 4.98 Å². The van der Waals surface area contributed by atoms with Crippen LogP contribution in [0.1, 0.15) is 17.2 Å². The lowest BCUT2D eigenvalue weighted by atomic mass is 10.0. The summed E-state index contributed by atoms with van der Waals surface area (Å²) in [4.78, 5) is 3.60. The van der Waals surface area contributed by atoms with E-state index in [9.17, 15) is 13.9 Å². The Kier molecular flexibility index (Phi) is 3.94. The largest absolute Gasteiger partial charge is 0.383 e. The molecular formula is C12H7BrClF2NO. The molecule has 0 saturated heterocycles. The molecule has 0 fully saturated rings. The van der Waals surface area contributed by atoms with Crippen molar-refractivity contribution >= 4 is 27.5 Å². The van der Waals surface area contributed by atoms with E-state index in [1.807, 2.05) is 0 Å². The molecule has 0 bridgehead atoms. The van der Waals surface area contributed by atoms with Gasteiger partial charge in [-0.25, -0.2) is 8.78 Å². The first-order chi connectivity index (χ1) is 8.50. The van der Waals surface area contributed by atoms with Crippen LogP contribution >= 0.6 is 27.5 Å². The van der Waals surface area contributed by atoms with Gasteiger partial charge in [-0.15, -0.1) is 0 Å². The molecular weight excluding hydrogens is 327 g/mol. The molecule has 0 saturated carbocycles. The molecule has 1 atom stereocenters. The van der Waals surface area contributed by atoms with Crippen LogP contribution in [0.15, 0.2) is 35.1 Å². The molecule has 2 aromatic rings. The van der Waals surface area contributed by atoms with Crippen LogP contribution in [0.3, 0.4) is 0 Å². The Bertz CT molecular complexity index is 594. The van der Waals surface area contributed by atoms with Gasteiger partial charge in [0.25, 0.3) is 0 Å². The Hall–Kier alpha value is -1.04. The van der Waals surface area contributed by atoms with Crippen LogP contribution in [0.4, 0.5) is 8.78 Å². The van der Waals surface area contributed by atoms with Crippen LogP contribution in [0.2, 0.25) is 5.02 Å². The Morgan fingerprint density at radius 2 is 2.00 bits per heavy atom. The summed E-state index contributed by atoms with van der Waals surface area (Å²) in [6.45, 7) is 0. The number of hydrogen-bond acceptors (Lipinski definition) is 2. The van der Waals surface area contributed by atoms with E-state index >= 15 is 0 Å². The van der Waals surface area contributed by atoms with Crippen LogP contribution in [-0.4, -0.2) is 10.1 Å². The number of benzene rings is 1. The highest BCUT2D eigenvalue weighted by Gasteiger charge is 2.19. The summed E-state index contributed by atoms with van der Waals surface area (Å²) in [5.41, 5.74) is 0.128. The summed E-state index contributed by atoms with van der Waals surface area (Å²) in [6, 6.07) is 3.98. The van der Waals surface area contributed by atoms with Crippen molar-refractivity contribution in [3.05, 3.63) is 62.8 Å². The van der Waals surface area contributed by atoms with Gasteiger partial charge >= 0.3 is 0 Å². The van der Waals surface area contributed by atoms with E-state index in [1.54, 1.807) is 0 Å². The van der Waals surface area contributed by atoms with Gasteiger partial charge in [0.1, 0.15) is 17.7 Å². The van der Waals surface area contributed by atoms with E-state index in [0.717, 1.165) is 12.3 Å². The number of halogens is 4. The van der Waals surface area contributed by atoms with Gasteiger partial charge < -0.3 is 5.11 Å². The Balaban J connectivity index is 2.46. The van der Waals surface area contributed by atoms with Crippen LogP contribution in [0.5, 0.6) is 0 Å². The second kappa shape index (κ2) is 5.30. The molecule has 1 N–H and O–H groups in total. The van der Waals surface area contributed by atoms with Gasteiger partial charge in [-0.1, -0.05) is 17.7 Å². The minimum Gasteiger partial charge on any atom is -0.383 e. The van der Waals surface area contributed by atoms with Crippen LogP contribution in [0.25, 0.3) is 0 Å². The van der Waals surface area contributed by atoms with Gasteiger partial charge in [0, 0.05) is 21.8 Å². The molecule has 18 heavy (non-hydrogen) atoms. The normalized spacial score (nSPS) is 12.5. The average Bonchev–Trinajstić information content (AvgIpc) is 2.35. The molecule has 0 aliphatic carbocycles. The lowest BCUT2D eigenvalue weighted by Crippen LogP contribution is -2.04. The predicted octanol–water partition coefficient (Wildman–Crippen LogP) is 3.86. The molecule has 1 aromatic carbocycles. The fourth-order valence-corrected chi connectivity index (χ4v) is 1.99. The first kappa shape index (κ1) is 13.4. The average molecular weight is 335 g/mol.